The fraction of sp³-hybridized carbons (Fsp3) is 0.100. The van der Waals surface area contributed by atoms with Gasteiger partial charge in [0.05, 0.1) is 11.0 Å². The van der Waals surface area contributed by atoms with Crippen LogP contribution in [-0.4, -0.2) is 32.5 Å². The van der Waals surface area contributed by atoms with E-state index in [0.29, 0.717) is 30.3 Å². The Hall–Kier alpha value is -4.63. The van der Waals surface area contributed by atoms with Crippen molar-refractivity contribution in [3.8, 4) is 11.5 Å². The van der Waals surface area contributed by atoms with Crippen molar-refractivity contribution in [2.75, 3.05) is 16.8 Å². The summed E-state index contributed by atoms with van der Waals surface area (Å²) in [5, 5.41) is 4.52. The van der Waals surface area contributed by atoms with Crippen molar-refractivity contribution in [3.05, 3.63) is 101 Å². The van der Waals surface area contributed by atoms with Gasteiger partial charge in [-0.15, -0.1) is 0 Å². The molecule has 0 bridgehead atoms. The molecule has 9 heteroatoms. The molecule has 39 heavy (non-hydrogen) atoms. The summed E-state index contributed by atoms with van der Waals surface area (Å²) in [7, 11) is 1.97. The number of para-hydroxylation sites is 1. The lowest BCUT2D eigenvalue weighted by atomic mass is 10.1. The summed E-state index contributed by atoms with van der Waals surface area (Å²) in [6.07, 6.45) is 5.14. The highest BCUT2D eigenvalue weighted by molar-refractivity contribution is 9.10. The second kappa shape index (κ2) is 10.6. The van der Waals surface area contributed by atoms with Gasteiger partial charge >= 0.3 is 0 Å². The third kappa shape index (κ3) is 5.21. The largest absolute Gasteiger partial charge is 0.457 e. The Morgan fingerprint density at radius 1 is 1.05 bits per heavy atom. The van der Waals surface area contributed by atoms with Gasteiger partial charge in [0.15, 0.2) is 0 Å². The highest BCUT2D eigenvalue weighted by Gasteiger charge is 2.13. The summed E-state index contributed by atoms with van der Waals surface area (Å²) in [6, 6.07) is 25.4. The number of rotatable bonds is 9. The maximum atomic E-state index is 11.9. The number of halogens is 1. The zero-order chi connectivity index (χ0) is 26.8. The predicted molar refractivity (Wildman–Crippen MR) is 158 cm³/mol. The molecule has 0 unspecified atom stereocenters. The van der Waals surface area contributed by atoms with Crippen LogP contribution < -0.4 is 15.0 Å². The SMILES string of the molecule is Cn1c(Nc2ccc(Br)cc2)nc2cc(Oc3ccnc(N(C=O)CCc4c[nH]c5ccccc45)c3)ccc21. The molecule has 8 nitrogen and oxygen atoms in total. The number of aryl methyl sites for hydroxylation is 1. The molecule has 0 atom stereocenters. The number of benzene rings is 3. The van der Waals surface area contributed by atoms with Crippen molar-refractivity contribution in [2.24, 2.45) is 7.05 Å². The number of anilines is 3. The Morgan fingerprint density at radius 2 is 1.87 bits per heavy atom. The molecule has 1 amide bonds. The number of nitrogens with one attached hydrogen (secondary N) is 2. The molecule has 0 spiro atoms. The van der Waals surface area contributed by atoms with E-state index in [0.717, 1.165) is 50.0 Å². The highest BCUT2D eigenvalue weighted by atomic mass is 79.9. The normalized spacial score (nSPS) is 11.1. The lowest BCUT2D eigenvalue weighted by Gasteiger charge is -2.17. The molecule has 6 rings (SSSR count). The van der Waals surface area contributed by atoms with E-state index in [-0.39, 0.29) is 0 Å². The van der Waals surface area contributed by atoms with Crippen molar-refractivity contribution in [2.45, 2.75) is 6.42 Å². The van der Waals surface area contributed by atoms with E-state index in [2.05, 4.69) is 37.3 Å². The van der Waals surface area contributed by atoms with Crippen molar-refractivity contribution in [3.63, 3.8) is 0 Å². The maximum Gasteiger partial charge on any atom is 0.215 e. The lowest BCUT2D eigenvalue weighted by molar-refractivity contribution is -0.107. The minimum Gasteiger partial charge on any atom is -0.457 e. The molecule has 0 saturated heterocycles. The van der Waals surface area contributed by atoms with E-state index in [1.807, 2.05) is 78.5 Å². The lowest BCUT2D eigenvalue weighted by Crippen LogP contribution is -2.24. The molecule has 6 aromatic rings. The van der Waals surface area contributed by atoms with E-state index in [9.17, 15) is 4.79 Å². The Labute approximate surface area is 233 Å². The minimum absolute atomic E-state index is 0.496. The van der Waals surface area contributed by atoms with E-state index in [1.165, 1.54) is 0 Å². The smallest absolute Gasteiger partial charge is 0.215 e. The van der Waals surface area contributed by atoms with Gasteiger partial charge in [0, 0.05) is 59.2 Å². The van der Waals surface area contributed by atoms with Crippen LogP contribution in [0.5, 0.6) is 11.5 Å². The molecule has 0 aliphatic heterocycles. The number of aromatic amines is 1. The molecule has 194 valence electrons. The number of hydrogen-bond acceptors (Lipinski definition) is 5. The predicted octanol–water partition coefficient (Wildman–Crippen LogP) is 6.95. The second-order valence-corrected chi connectivity index (χ2v) is 10.1. The van der Waals surface area contributed by atoms with Gasteiger partial charge in [-0.05, 0) is 60.5 Å². The van der Waals surface area contributed by atoms with Crippen LogP contribution in [0.15, 0.2) is 95.7 Å². The average molecular weight is 581 g/mol. The number of amides is 1. The van der Waals surface area contributed by atoms with Crippen molar-refractivity contribution >= 4 is 61.7 Å². The number of H-pyrrole nitrogens is 1. The van der Waals surface area contributed by atoms with Crippen LogP contribution in [0.25, 0.3) is 21.9 Å². The topological polar surface area (TPSA) is 88.1 Å². The number of hydrogen-bond donors (Lipinski definition) is 2. The Kier molecular flexibility index (Phi) is 6.73. The molecule has 3 heterocycles. The van der Waals surface area contributed by atoms with Gasteiger partial charge in [-0.3, -0.25) is 9.69 Å². The van der Waals surface area contributed by atoms with Crippen LogP contribution in [-0.2, 0) is 18.3 Å². The van der Waals surface area contributed by atoms with E-state index in [1.54, 1.807) is 23.2 Å². The third-order valence-electron chi connectivity index (χ3n) is 6.62. The van der Waals surface area contributed by atoms with Gasteiger partial charge in [0.25, 0.3) is 0 Å². The first-order valence-corrected chi connectivity index (χ1v) is 13.3. The third-order valence-corrected chi connectivity index (χ3v) is 7.15. The highest BCUT2D eigenvalue weighted by Crippen LogP contribution is 2.29. The van der Waals surface area contributed by atoms with Gasteiger partial charge in [0.2, 0.25) is 12.4 Å². The van der Waals surface area contributed by atoms with Gasteiger partial charge < -0.3 is 19.6 Å². The first-order chi connectivity index (χ1) is 19.1. The fourth-order valence-electron chi connectivity index (χ4n) is 4.57. The molecule has 0 aliphatic carbocycles. The Bertz CT molecular complexity index is 1780. The molecule has 0 radical (unpaired) electrons. The van der Waals surface area contributed by atoms with Crippen molar-refractivity contribution in [1.29, 1.82) is 0 Å². The maximum absolute atomic E-state index is 11.9. The van der Waals surface area contributed by atoms with E-state index < -0.39 is 0 Å². The first kappa shape index (κ1) is 24.7. The Balaban J connectivity index is 1.18. The average Bonchev–Trinajstić information content (AvgIpc) is 3.51. The van der Waals surface area contributed by atoms with Crippen molar-refractivity contribution in [1.82, 2.24) is 19.5 Å². The van der Waals surface area contributed by atoms with Crippen LogP contribution in [0.3, 0.4) is 0 Å². The summed E-state index contributed by atoms with van der Waals surface area (Å²) >= 11 is 3.46. The number of nitrogens with zero attached hydrogens (tertiary/aromatic N) is 4. The van der Waals surface area contributed by atoms with Gasteiger partial charge in [-0.2, -0.15) is 0 Å². The molecular formula is C30H25BrN6O2. The monoisotopic (exact) mass is 580 g/mol. The molecule has 0 aliphatic rings. The number of fused-ring (bicyclic) bond motifs is 2. The molecular weight excluding hydrogens is 556 g/mol. The Morgan fingerprint density at radius 3 is 2.72 bits per heavy atom. The molecule has 3 aromatic carbocycles. The van der Waals surface area contributed by atoms with E-state index >= 15 is 0 Å². The van der Waals surface area contributed by atoms with E-state index in [4.69, 9.17) is 9.72 Å². The first-order valence-electron chi connectivity index (χ1n) is 12.5. The zero-order valence-electron chi connectivity index (χ0n) is 21.1. The summed E-state index contributed by atoms with van der Waals surface area (Å²) in [6.45, 7) is 0.496. The summed E-state index contributed by atoms with van der Waals surface area (Å²) in [5.41, 5.74) is 4.96. The fourth-order valence-corrected chi connectivity index (χ4v) is 4.84. The molecule has 0 fully saturated rings. The summed E-state index contributed by atoms with van der Waals surface area (Å²) in [5.74, 6) is 2.49. The molecule has 2 N–H and O–H groups in total. The second-order valence-electron chi connectivity index (χ2n) is 9.14. The molecule has 3 aromatic heterocycles. The molecule has 0 saturated carbocycles. The number of carbonyl (C=O) groups excluding carboxylic acids is 1. The van der Waals surface area contributed by atoms with Crippen molar-refractivity contribution < 1.29 is 9.53 Å². The van der Waals surface area contributed by atoms with Gasteiger partial charge in [0.1, 0.15) is 17.3 Å². The van der Waals surface area contributed by atoms with Crippen LogP contribution in [0, 0.1) is 0 Å². The van der Waals surface area contributed by atoms with Crippen LogP contribution in [0.1, 0.15) is 5.56 Å². The van der Waals surface area contributed by atoms with Crippen LogP contribution in [0.4, 0.5) is 17.5 Å². The minimum atomic E-state index is 0.496. The van der Waals surface area contributed by atoms with Gasteiger partial charge in [-0.25, -0.2) is 9.97 Å². The number of imidazole rings is 1. The number of ether oxygens (including phenoxy) is 1. The quantitative estimate of drug-likeness (QED) is 0.181. The zero-order valence-corrected chi connectivity index (χ0v) is 22.7. The number of pyridine rings is 1. The van der Waals surface area contributed by atoms with Crippen LogP contribution in [0.2, 0.25) is 0 Å². The standard InChI is InChI=1S/C30H25BrN6O2/c1-36-28-11-10-23(16-27(28)35-30(36)34-22-8-6-21(31)7-9-22)39-24-12-14-32-29(17-24)37(19-38)15-13-20-18-33-26-5-3-2-4-25(20)26/h2-12,14,16-19,33H,13,15H2,1H3,(H,34,35). The number of carbonyl (C=O) groups is 1. The van der Waals surface area contributed by atoms with Crippen LogP contribution >= 0.6 is 15.9 Å². The van der Waals surface area contributed by atoms with Gasteiger partial charge in [-0.1, -0.05) is 34.1 Å². The summed E-state index contributed by atoms with van der Waals surface area (Å²) in [4.78, 5) is 26.0. The number of aromatic nitrogens is 4. The summed E-state index contributed by atoms with van der Waals surface area (Å²) < 4.78 is 9.17.